The van der Waals surface area contributed by atoms with Gasteiger partial charge in [0, 0.05) is 11.6 Å². The van der Waals surface area contributed by atoms with Crippen LogP contribution in [0.2, 0.25) is 0 Å². The second-order valence-corrected chi connectivity index (χ2v) is 9.85. The number of anilines is 1. The molecule has 3 aromatic heterocycles. The van der Waals surface area contributed by atoms with Crippen molar-refractivity contribution in [2.45, 2.75) is 44.6 Å². The SMILES string of the molecule is COC(=O)c1ccc(-c2nc(NC(=O)c3ccc([N+](=O)[O-])s3)c3cnn(C4CCCCCC4)c3n2)cc1. The van der Waals surface area contributed by atoms with E-state index >= 15 is 0 Å². The smallest absolute Gasteiger partial charge is 0.337 e. The van der Waals surface area contributed by atoms with Gasteiger partial charge in [0.05, 0.1) is 40.1 Å². The quantitative estimate of drug-likeness (QED) is 0.154. The molecule has 1 amide bonds. The summed E-state index contributed by atoms with van der Waals surface area (Å²) in [6.45, 7) is 0. The van der Waals surface area contributed by atoms with Gasteiger partial charge < -0.3 is 10.1 Å². The van der Waals surface area contributed by atoms with Crippen LogP contribution in [0.3, 0.4) is 0 Å². The van der Waals surface area contributed by atoms with Gasteiger partial charge in [-0.15, -0.1) is 0 Å². The molecule has 3 heterocycles. The summed E-state index contributed by atoms with van der Waals surface area (Å²) in [5.74, 6) is -0.343. The molecule has 11 nitrogen and oxygen atoms in total. The van der Waals surface area contributed by atoms with Crippen LogP contribution in [0.25, 0.3) is 22.4 Å². The van der Waals surface area contributed by atoms with E-state index in [4.69, 9.17) is 9.72 Å². The molecule has 1 saturated carbocycles. The Morgan fingerprint density at radius 3 is 2.46 bits per heavy atom. The van der Waals surface area contributed by atoms with Gasteiger partial charge in [-0.2, -0.15) is 5.10 Å². The molecular weight excluding hydrogens is 496 g/mol. The zero-order chi connectivity index (χ0) is 25.9. The summed E-state index contributed by atoms with van der Waals surface area (Å²) >= 11 is 0.792. The molecule has 0 saturated heterocycles. The molecule has 0 unspecified atom stereocenters. The lowest BCUT2D eigenvalue weighted by molar-refractivity contribution is -0.380. The highest BCUT2D eigenvalue weighted by Gasteiger charge is 2.23. The zero-order valence-corrected chi connectivity index (χ0v) is 20.9. The Morgan fingerprint density at radius 1 is 1.08 bits per heavy atom. The molecule has 1 aromatic carbocycles. The maximum absolute atomic E-state index is 13.0. The second-order valence-electron chi connectivity index (χ2n) is 8.79. The number of fused-ring (bicyclic) bond motifs is 1. The number of ether oxygens (including phenoxy) is 1. The first-order chi connectivity index (χ1) is 17.9. The maximum Gasteiger partial charge on any atom is 0.337 e. The lowest BCUT2D eigenvalue weighted by atomic mass is 10.1. The molecule has 0 spiro atoms. The molecule has 5 rings (SSSR count). The highest BCUT2D eigenvalue weighted by atomic mass is 32.1. The topological polar surface area (TPSA) is 142 Å². The lowest BCUT2D eigenvalue weighted by Crippen LogP contribution is -2.14. The van der Waals surface area contributed by atoms with E-state index < -0.39 is 16.8 Å². The Kier molecular flexibility index (Phi) is 6.91. The van der Waals surface area contributed by atoms with E-state index in [1.807, 2.05) is 4.68 Å². The molecule has 1 fully saturated rings. The molecule has 0 aliphatic heterocycles. The number of carbonyl (C=O) groups is 2. The number of thiophene rings is 1. The molecule has 1 aliphatic carbocycles. The average Bonchev–Trinajstić information content (AvgIpc) is 3.50. The molecule has 4 aromatic rings. The van der Waals surface area contributed by atoms with Crippen LogP contribution >= 0.6 is 11.3 Å². The average molecular weight is 521 g/mol. The van der Waals surface area contributed by atoms with Crippen molar-refractivity contribution in [2.75, 3.05) is 12.4 Å². The van der Waals surface area contributed by atoms with Gasteiger partial charge in [-0.1, -0.05) is 49.2 Å². The van der Waals surface area contributed by atoms with E-state index in [9.17, 15) is 19.7 Å². The summed E-state index contributed by atoms with van der Waals surface area (Å²) in [5, 5.41) is 18.9. The number of methoxy groups -OCH3 is 1. The first kappa shape index (κ1) is 24.5. The van der Waals surface area contributed by atoms with Crippen LogP contribution in [0.15, 0.2) is 42.6 Å². The third kappa shape index (κ3) is 5.05. The minimum absolute atomic E-state index is 0.120. The number of esters is 1. The summed E-state index contributed by atoms with van der Waals surface area (Å²) < 4.78 is 6.69. The predicted octanol–water partition coefficient (Wildman–Crippen LogP) is 5.40. The fraction of sp³-hybridized carbons (Fsp3) is 0.320. The number of nitro groups is 1. The van der Waals surface area contributed by atoms with Gasteiger partial charge in [-0.3, -0.25) is 14.9 Å². The van der Waals surface area contributed by atoms with Crippen molar-refractivity contribution in [3.8, 4) is 11.4 Å². The summed E-state index contributed by atoms with van der Waals surface area (Å²) in [4.78, 5) is 45.0. The minimum Gasteiger partial charge on any atom is -0.465 e. The largest absolute Gasteiger partial charge is 0.465 e. The molecule has 12 heteroatoms. The van der Waals surface area contributed by atoms with Gasteiger partial charge in [0.2, 0.25) is 0 Å². The molecule has 1 N–H and O–H groups in total. The Hall–Kier alpha value is -4.19. The van der Waals surface area contributed by atoms with Gasteiger partial charge in [0.1, 0.15) is 5.82 Å². The molecule has 190 valence electrons. The number of hydrogen-bond acceptors (Lipinski definition) is 9. The maximum atomic E-state index is 13.0. The number of rotatable bonds is 6. The number of nitrogens with one attached hydrogen (secondary N) is 1. The second kappa shape index (κ2) is 10.4. The van der Waals surface area contributed by atoms with Crippen molar-refractivity contribution >= 4 is 45.1 Å². The van der Waals surface area contributed by atoms with Gasteiger partial charge >= 0.3 is 11.0 Å². The van der Waals surface area contributed by atoms with Crippen LogP contribution in [0.4, 0.5) is 10.8 Å². The Balaban J connectivity index is 1.57. The number of carbonyl (C=O) groups excluding carboxylic acids is 2. The Morgan fingerprint density at radius 2 is 1.81 bits per heavy atom. The van der Waals surface area contributed by atoms with E-state index in [0.29, 0.717) is 28.0 Å². The van der Waals surface area contributed by atoms with Gasteiger partial charge in [-0.25, -0.2) is 19.4 Å². The van der Waals surface area contributed by atoms with Crippen molar-refractivity contribution < 1.29 is 19.2 Å². The molecule has 0 atom stereocenters. The standard InChI is InChI=1S/C25H24N6O5S/c1-36-25(33)16-10-8-15(9-11-16)21-27-22(29-24(32)19-12-13-20(37-19)31(34)35)18-14-26-30(23(18)28-21)17-6-4-2-3-5-7-17/h8-14,17H,2-7H2,1H3,(H,27,28,29,32). The van der Waals surface area contributed by atoms with Crippen LogP contribution < -0.4 is 5.32 Å². The fourth-order valence-electron chi connectivity index (χ4n) is 4.51. The van der Waals surface area contributed by atoms with Crippen LogP contribution in [0.5, 0.6) is 0 Å². The van der Waals surface area contributed by atoms with Gasteiger partial charge in [-0.05, 0) is 31.0 Å². The number of nitrogens with zero attached hydrogens (tertiary/aromatic N) is 5. The monoisotopic (exact) mass is 520 g/mol. The fourth-order valence-corrected chi connectivity index (χ4v) is 5.23. The minimum atomic E-state index is -0.531. The van der Waals surface area contributed by atoms with Crippen LogP contribution in [-0.2, 0) is 4.74 Å². The van der Waals surface area contributed by atoms with Gasteiger partial charge in [0.15, 0.2) is 11.5 Å². The van der Waals surface area contributed by atoms with Crippen LogP contribution in [0.1, 0.15) is 64.6 Å². The first-order valence-corrected chi connectivity index (χ1v) is 12.8. The third-order valence-electron chi connectivity index (χ3n) is 6.42. The molecule has 0 bridgehead atoms. The normalized spacial score (nSPS) is 14.3. The Bertz CT molecular complexity index is 1470. The van der Waals surface area contributed by atoms with Crippen molar-refractivity contribution in [3.63, 3.8) is 0 Å². The molecule has 0 radical (unpaired) electrons. The van der Waals surface area contributed by atoms with E-state index in [1.165, 1.54) is 32.1 Å². The van der Waals surface area contributed by atoms with Crippen molar-refractivity contribution in [1.29, 1.82) is 0 Å². The van der Waals surface area contributed by atoms with E-state index in [-0.39, 0.29) is 21.7 Å². The van der Waals surface area contributed by atoms with Crippen molar-refractivity contribution in [1.82, 2.24) is 19.7 Å². The van der Waals surface area contributed by atoms with Crippen LogP contribution in [0, 0.1) is 10.1 Å². The lowest BCUT2D eigenvalue weighted by Gasteiger charge is -2.16. The number of amides is 1. The summed E-state index contributed by atoms with van der Waals surface area (Å²) in [6, 6.07) is 9.58. The highest BCUT2D eigenvalue weighted by molar-refractivity contribution is 7.17. The van der Waals surface area contributed by atoms with Crippen molar-refractivity contribution in [2.24, 2.45) is 0 Å². The molecular formula is C25H24N6O5S. The number of benzene rings is 1. The molecule has 1 aliphatic rings. The Labute approximate surface area is 215 Å². The van der Waals surface area contributed by atoms with Gasteiger partial charge in [0.25, 0.3) is 5.91 Å². The highest BCUT2D eigenvalue weighted by Crippen LogP contribution is 2.33. The van der Waals surface area contributed by atoms with E-state index in [2.05, 4.69) is 15.4 Å². The third-order valence-corrected chi connectivity index (χ3v) is 7.45. The predicted molar refractivity (Wildman–Crippen MR) is 138 cm³/mol. The summed E-state index contributed by atoms with van der Waals surface area (Å²) in [7, 11) is 1.32. The zero-order valence-electron chi connectivity index (χ0n) is 20.0. The van der Waals surface area contributed by atoms with E-state index in [0.717, 1.165) is 37.0 Å². The summed E-state index contributed by atoms with van der Waals surface area (Å²) in [6.07, 6.45) is 8.23. The van der Waals surface area contributed by atoms with Crippen LogP contribution in [-0.4, -0.2) is 43.7 Å². The van der Waals surface area contributed by atoms with Crippen molar-refractivity contribution in [3.05, 3.63) is 63.1 Å². The summed E-state index contributed by atoms with van der Waals surface area (Å²) in [5.41, 5.74) is 1.63. The first-order valence-electron chi connectivity index (χ1n) is 11.9. The number of hydrogen-bond donors (Lipinski definition) is 1. The van der Waals surface area contributed by atoms with E-state index in [1.54, 1.807) is 30.5 Å². The number of aromatic nitrogens is 4. The molecule has 37 heavy (non-hydrogen) atoms.